The van der Waals surface area contributed by atoms with Gasteiger partial charge in [-0.05, 0) is 74.4 Å². The average molecular weight is 555 g/mol. The van der Waals surface area contributed by atoms with Crippen LogP contribution in [0.15, 0.2) is 41.6 Å². The molecule has 8 nitrogen and oxygen atoms in total. The lowest BCUT2D eigenvalue weighted by Gasteiger charge is -2.26. The Morgan fingerprint density at radius 2 is 2.08 bits per heavy atom. The minimum atomic E-state index is -3.39. The summed E-state index contributed by atoms with van der Waals surface area (Å²) in [5.74, 6) is 0.687. The first kappa shape index (κ1) is 27.0. The van der Waals surface area contributed by atoms with Crippen LogP contribution in [0.5, 0.6) is 5.75 Å². The van der Waals surface area contributed by atoms with Gasteiger partial charge in [-0.1, -0.05) is 6.08 Å². The third-order valence-corrected chi connectivity index (χ3v) is 9.61. The molecular formula is C28H34N4O4S2. The van der Waals surface area contributed by atoms with Gasteiger partial charge in [0.25, 0.3) is 0 Å². The number of hydrogen-bond donors (Lipinski definition) is 1. The molecule has 1 aliphatic heterocycles. The van der Waals surface area contributed by atoms with Gasteiger partial charge in [0, 0.05) is 37.4 Å². The quantitative estimate of drug-likeness (QED) is 0.491. The molecule has 1 saturated carbocycles. The van der Waals surface area contributed by atoms with E-state index in [9.17, 15) is 13.7 Å². The fourth-order valence-corrected chi connectivity index (χ4v) is 7.62. The number of rotatable bonds is 9. The van der Waals surface area contributed by atoms with E-state index >= 15 is 0 Å². The SMILES string of the molecule is CC(C)Oc1ccc(-c2ncc(C3=C4CCC(NS(=O)(=O)CCN5CCOCC5)C4=CCC3)s2)cc1C#N. The van der Waals surface area contributed by atoms with E-state index in [2.05, 4.69) is 26.8 Å². The van der Waals surface area contributed by atoms with Crippen LogP contribution in [0, 0.1) is 11.3 Å². The van der Waals surface area contributed by atoms with Crippen molar-refractivity contribution in [1.29, 1.82) is 5.26 Å². The molecule has 0 spiro atoms. The molecular weight excluding hydrogens is 520 g/mol. The van der Waals surface area contributed by atoms with Crippen molar-refractivity contribution in [2.45, 2.75) is 51.7 Å². The van der Waals surface area contributed by atoms with Crippen LogP contribution in [-0.2, 0) is 14.8 Å². The lowest BCUT2D eigenvalue weighted by atomic mass is 9.91. The van der Waals surface area contributed by atoms with Crippen LogP contribution in [0.4, 0.5) is 0 Å². The molecule has 5 rings (SSSR count). The van der Waals surface area contributed by atoms with Crippen molar-refractivity contribution in [1.82, 2.24) is 14.6 Å². The minimum absolute atomic E-state index is 0.00845. The number of nitriles is 1. The Balaban J connectivity index is 1.30. The fraction of sp³-hybridized carbons (Fsp3) is 0.500. The maximum Gasteiger partial charge on any atom is 0.213 e. The van der Waals surface area contributed by atoms with Crippen LogP contribution in [0.3, 0.4) is 0 Å². The van der Waals surface area contributed by atoms with E-state index in [1.54, 1.807) is 11.3 Å². The summed E-state index contributed by atoms with van der Waals surface area (Å²) in [7, 11) is -3.39. The van der Waals surface area contributed by atoms with Gasteiger partial charge >= 0.3 is 0 Å². The van der Waals surface area contributed by atoms with Crippen molar-refractivity contribution in [3.05, 3.63) is 52.1 Å². The van der Waals surface area contributed by atoms with Crippen molar-refractivity contribution in [2.24, 2.45) is 0 Å². The number of morpholine rings is 1. The van der Waals surface area contributed by atoms with Crippen molar-refractivity contribution in [3.63, 3.8) is 0 Å². The second kappa shape index (κ2) is 11.7. The van der Waals surface area contributed by atoms with Crippen LogP contribution < -0.4 is 9.46 Å². The van der Waals surface area contributed by atoms with Crippen molar-refractivity contribution in [3.8, 4) is 22.4 Å². The highest BCUT2D eigenvalue weighted by atomic mass is 32.2. The van der Waals surface area contributed by atoms with Gasteiger partial charge in [-0.3, -0.25) is 4.90 Å². The second-order valence-corrected chi connectivity index (χ2v) is 13.1. The first-order chi connectivity index (χ1) is 18.3. The molecule has 1 aromatic heterocycles. The molecule has 1 saturated heterocycles. The second-order valence-electron chi connectivity index (χ2n) is 10.2. The van der Waals surface area contributed by atoms with Gasteiger partial charge in [0.15, 0.2) is 0 Å². The number of nitrogens with one attached hydrogen (secondary N) is 1. The maximum absolute atomic E-state index is 12.9. The summed E-state index contributed by atoms with van der Waals surface area (Å²) in [6.45, 7) is 7.30. The van der Waals surface area contributed by atoms with E-state index in [1.807, 2.05) is 38.2 Å². The van der Waals surface area contributed by atoms with Crippen LogP contribution >= 0.6 is 11.3 Å². The fourth-order valence-electron chi connectivity index (χ4n) is 5.31. The smallest absolute Gasteiger partial charge is 0.213 e. The van der Waals surface area contributed by atoms with E-state index in [-0.39, 0.29) is 17.9 Å². The summed E-state index contributed by atoms with van der Waals surface area (Å²) in [5.41, 5.74) is 5.03. The van der Waals surface area contributed by atoms with Crippen molar-refractivity contribution >= 4 is 26.9 Å². The Labute approximate surface area is 229 Å². The van der Waals surface area contributed by atoms with Gasteiger partial charge in [0.1, 0.15) is 16.8 Å². The lowest BCUT2D eigenvalue weighted by molar-refractivity contribution is 0.0408. The molecule has 10 heteroatoms. The predicted octanol–water partition coefficient (Wildman–Crippen LogP) is 4.36. The van der Waals surface area contributed by atoms with Crippen LogP contribution in [-0.4, -0.2) is 69.0 Å². The lowest BCUT2D eigenvalue weighted by Crippen LogP contribution is -2.42. The van der Waals surface area contributed by atoms with E-state index in [0.29, 0.717) is 31.1 Å². The Bertz CT molecular complexity index is 1380. The third kappa shape index (κ3) is 6.19. The molecule has 1 unspecified atom stereocenters. The topological polar surface area (TPSA) is 105 Å². The Kier molecular flexibility index (Phi) is 8.31. The first-order valence-electron chi connectivity index (χ1n) is 13.2. The summed E-state index contributed by atoms with van der Waals surface area (Å²) in [5, 5.41) is 10.5. The molecule has 1 N–H and O–H groups in total. The number of aromatic nitrogens is 1. The van der Waals surface area contributed by atoms with Gasteiger partial charge < -0.3 is 9.47 Å². The number of thiazole rings is 1. The molecule has 1 atom stereocenters. The molecule has 0 radical (unpaired) electrons. The number of allylic oxidation sites excluding steroid dienone is 2. The highest BCUT2D eigenvalue weighted by Crippen LogP contribution is 2.44. The molecule has 202 valence electrons. The number of benzene rings is 1. The van der Waals surface area contributed by atoms with E-state index in [4.69, 9.17) is 9.47 Å². The normalized spacial score (nSPS) is 20.4. The van der Waals surface area contributed by atoms with Crippen molar-refractivity contribution < 1.29 is 17.9 Å². The van der Waals surface area contributed by atoms with Crippen LogP contribution in [0.25, 0.3) is 16.1 Å². The van der Waals surface area contributed by atoms with Crippen LogP contribution in [0.2, 0.25) is 0 Å². The maximum atomic E-state index is 12.9. The summed E-state index contributed by atoms with van der Waals surface area (Å²) in [6.07, 6.45) is 7.53. The summed E-state index contributed by atoms with van der Waals surface area (Å²) < 4.78 is 39.9. The van der Waals surface area contributed by atoms with Gasteiger partial charge in [-0.2, -0.15) is 5.26 Å². The van der Waals surface area contributed by atoms with E-state index in [0.717, 1.165) is 59.8 Å². The predicted molar refractivity (Wildman–Crippen MR) is 149 cm³/mol. The highest BCUT2D eigenvalue weighted by Gasteiger charge is 2.33. The Hall–Kier alpha value is -2.55. The Morgan fingerprint density at radius 3 is 2.84 bits per heavy atom. The summed E-state index contributed by atoms with van der Waals surface area (Å²) in [4.78, 5) is 7.93. The molecule has 38 heavy (non-hydrogen) atoms. The molecule has 2 fully saturated rings. The zero-order valence-electron chi connectivity index (χ0n) is 21.9. The van der Waals surface area contributed by atoms with Gasteiger partial charge in [-0.25, -0.2) is 18.1 Å². The first-order valence-corrected chi connectivity index (χ1v) is 15.7. The van der Waals surface area contributed by atoms with Gasteiger partial charge in [-0.15, -0.1) is 11.3 Å². The zero-order chi connectivity index (χ0) is 26.7. The summed E-state index contributed by atoms with van der Waals surface area (Å²) in [6, 6.07) is 7.68. The number of ether oxygens (including phenoxy) is 2. The molecule has 2 aliphatic carbocycles. The number of fused-ring (bicyclic) bond motifs is 1. The summed E-state index contributed by atoms with van der Waals surface area (Å²) >= 11 is 1.62. The highest BCUT2D eigenvalue weighted by molar-refractivity contribution is 7.89. The minimum Gasteiger partial charge on any atom is -0.490 e. The van der Waals surface area contributed by atoms with E-state index in [1.165, 1.54) is 11.1 Å². The Morgan fingerprint density at radius 1 is 1.26 bits per heavy atom. The monoisotopic (exact) mass is 554 g/mol. The number of nitrogens with zero attached hydrogens (tertiary/aromatic N) is 3. The number of hydrogen-bond acceptors (Lipinski definition) is 8. The molecule has 1 aromatic carbocycles. The van der Waals surface area contributed by atoms with Gasteiger partial charge in [0.2, 0.25) is 10.0 Å². The standard InChI is InChI=1S/C28H34N4O4S2/c1-19(2)36-26-9-6-20(16-21(26)17-29)28-30-18-27(37-28)24-5-3-4-23-22(24)7-8-25(23)31-38(33,34)15-12-32-10-13-35-14-11-32/h4,6,9,16,18-19,25,31H,3,5,7-8,10-15H2,1-2H3. The third-order valence-electron chi connectivity index (χ3n) is 7.14. The molecule has 2 aromatic rings. The van der Waals surface area contributed by atoms with Crippen LogP contribution in [0.1, 0.15) is 50.0 Å². The molecule has 0 bridgehead atoms. The molecule has 0 amide bonds. The molecule has 3 aliphatic rings. The van der Waals surface area contributed by atoms with E-state index < -0.39 is 10.0 Å². The number of sulfonamides is 1. The van der Waals surface area contributed by atoms with Gasteiger partial charge in [0.05, 0.1) is 35.5 Å². The largest absolute Gasteiger partial charge is 0.490 e. The molecule has 2 heterocycles. The zero-order valence-corrected chi connectivity index (χ0v) is 23.5. The average Bonchev–Trinajstić information content (AvgIpc) is 3.56. The van der Waals surface area contributed by atoms with Crippen molar-refractivity contribution in [2.75, 3.05) is 38.6 Å².